The SMILES string of the molecule is Cc1ncc(C(=O)N2c3ccccc3CC2C(=O)O)s1. The number of carboxylic acid groups (broad SMARTS) is 1. The fourth-order valence-corrected chi connectivity index (χ4v) is 3.13. The second-order valence-corrected chi connectivity index (χ2v) is 5.84. The highest BCUT2D eigenvalue weighted by molar-refractivity contribution is 7.13. The van der Waals surface area contributed by atoms with Crippen molar-refractivity contribution in [3.63, 3.8) is 0 Å². The summed E-state index contributed by atoms with van der Waals surface area (Å²) in [7, 11) is 0. The first-order valence-electron chi connectivity index (χ1n) is 6.14. The Morgan fingerprint density at radius 3 is 2.80 bits per heavy atom. The molecule has 2 heterocycles. The van der Waals surface area contributed by atoms with E-state index in [0.29, 0.717) is 17.0 Å². The van der Waals surface area contributed by atoms with Crippen LogP contribution >= 0.6 is 11.3 Å². The number of aryl methyl sites for hydroxylation is 1. The quantitative estimate of drug-likeness (QED) is 0.918. The molecule has 1 unspecified atom stereocenters. The van der Waals surface area contributed by atoms with Gasteiger partial charge in [-0.3, -0.25) is 9.69 Å². The Kier molecular flexibility index (Phi) is 3.02. The van der Waals surface area contributed by atoms with Crippen LogP contribution in [-0.4, -0.2) is 28.0 Å². The highest BCUT2D eigenvalue weighted by Gasteiger charge is 2.39. The van der Waals surface area contributed by atoms with Gasteiger partial charge in [0, 0.05) is 12.1 Å². The number of carbonyl (C=O) groups is 2. The predicted octanol–water partition coefficient (Wildman–Crippen LogP) is 2.11. The first-order chi connectivity index (χ1) is 9.58. The number of aromatic nitrogens is 1. The number of para-hydroxylation sites is 1. The van der Waals surface area contributed by atoms with E-state index in [0.717, 1.165) is 10.6 Å². The van der Waals surface area contributed by atoms with Crippen molar-refractivity contribution in [1.82, 2.24) is 4.98 Å². The van der Waals surface area contributed by atoms with Crippen LogP contribution in [-0.2, 0) is 11.2 Å². The lowest BCUT2D eigenvalue weighted by atomic mass is 10.1. The number of hydrogen-bond acceptors (Lipinski definition) is 4. The van der Waals surface area contributed by atoms with E-state index in [9.17, 15) is 14.7 Å². The minimum absolute atomic E-state index is 0.298. The molecule has 6 heteroatoms. The third kappa shape index (κ3) is 1.98. The first-order valence-corrected chi connectivity index (χ1v) is 6.96. The van der Waals surface area contributed by atoms with Crippen LogP contribution in [0.1, 0.15) is 20.2 Å². The van der Waals surface area contributed by atoms with E-state index in [2.05, 4.69) is 4.98 Å². The minimum Gasteiger partial charge on any atom is -0.480 e. The number of benzene rings is 1. The van der Waals surface area contributed by atoms with Gasteiger partial charge in [-0.25, -0.2) is 9.78 Å². The lowest BCUT2D eigenvalue weighted by Gasteiger charge is -2.21. The number of carbonyl (C=O) groups excluding carboxylic acids is 1. The Hall–Kier alpha value is -2.21. The Morgan fingerprint density at radius 2 is 2.15 bits per heavy atom. The number of rotatable bonds is 2. The highest BCUT2D eigenvalue weighted by Crippen LogP contribution is 2.34. The monoisotopic (exact) mass is 288 g/mol. The van der Waals surface area contributed by atoms with E-state index in [1.807, 2.05) is 19.1 Å². The molecule has 3 rings (SSSR count). The molecule has 1 aliphatic heterocycles. The van der Waals surface area contributed by atoms with Crippen LogP contribution < -0.4 is 4.90 Å². The summed E-state index contributed by atoms with van der Waals surface area (Å²) in [5.41, 5.74) is 1.56. The van der Waals surface area contributed by atoms with Crippen LogP contribution in [0.15, 0.2) is 30.5 Å². The van der Waals surface area contributed by atoms with Gasteiger partial charge in [0.25, 0.3) is 5.91 Å². The summed E-state index contributed by atoms with van der Waals surface area (Å²) >= 11 is 1.28. The molecule has 0 saturated heterocycles. The Morgan fingerprint density at radius 1 is 1.40 bits per heavy atom. The first kappa shape index (κ1) is 12.8. The predicted molar refractivity (Wildman–Crippen MR) is 75.2 cm³/mol. The van der Waals surface area contributed by atoms with Crippen molar-refractivity contribution in [3.05, 3.63) is 45.9 Å². The normalized spacial score (nSPS) is 17.1. The van der Waals surface area contributed by atoms with Crippen molar-refractivity contribution in [3.8, 4) is 0 Å². The zero-order valence-corrected chi connectivity index (χ0v) is 11.6. The fourth-order valence-electron chi connectivity index (χ4n) is 2.41. The molecule has 5 nitrogen and oxygen atoms in total. The van der Waals surface area contributed by atoms with Crippen LogP contribution in [0.4, 0.5) is 5.69 Å². The van der Waals surface area contributed by atoms with Gasteiger partial charge in [-0.1, -0.05) is 18.2 Å². The molecule has 1 aromatic carbocycles. The molecular weight excluding hydrogens is 276 g/mol. The molecule has 0 bridgehead atoms. The van der Waals surface area contributed by atoms with E-state index in [4.69, 9.17) is 0 Å². The number of fused-ring (bicyclic) bond motifs is 1. The van der Waals surface area contributed by atoms with Gasteiger partial charge in [0.1, 0.15) is 10.9 Å². The van der Waals surface area contributed by atoms with E-state index >= 15 is 0 Å². The zero-order chi connectivity index (χ0) is 14.3. The van der Waals surface area contributed by atoms with Crippen molar-refractivity contribution >= 4 is 28.9 Å². The number of carboxylic acids is 1. The number of aliphatic carboxylic acids is 1. The lowest BCUT2D eigenvalue weighted by molar-refractivity contribution is -0.138. The van der Waals surface area contributed by atoms with E-state index < -0.39 is 12.0 Å². The molecule has 102 valence electrons. The second-order valence-electron chi connectivity index (χ2n) is 4.61. The van der Waals surface area contributed by atoms with Gasteiger partial charge in [-0.15, -0.1) is 11.3 Å². The van der Waals surface area contributed by atoms with Crippen molar-refractivity contribution < 1.29 is 14.7 Å². The molecule has 0 fully saturated rings. The maximum absolute atomic E-state index is 12.6. The number of nitrogens with zero attached hydrogens (tertiary/aromatic N) is 2. The average molecular weight is 288 g/mol. The maximum Gasteiger partial charge on any atom is 0.327 e. The van der Waals surface area contributed by atoms with Crippen molar-refractivity contribution in [2.45, 2.75) is 19.4 Å². The third-order valence-corrected chi connectivity index (χ3v) is 4.21. The lowest BCUT2D eigenvalue weighted by Crippen LogP contribution is -2.42. The number of thiazole rings is 1. The molecular formula is C14H12N2O3S. The summed E-state index contributed by atoms with van der Waals surface area (Å²) in [6, 6.07) is 6.45. The maximum atomic E-state index is 12.6. The Bertz CT molecular complexity index is 695. The summed E-state index contributed by atoms with van der Waals surface area (Å²) in [5.74, 6) is -1.29. The van der Waals surface area contributed by atoms with Gasteiger partial charge in [-0.2, -0.15) is 0 Å². The number of amides is 1. The molecule has 20 heavy (non-hydrogen) atoms. The summed E-state index contributed by atoms with van der Waals surface area (Å²) in [6.07, 6.45) is 1.84. The fraction of sp³-hybridized carbons (Fsp3) is 0.214. The van der Waals surface area contributed by atoms with Crippen molar-refractivity contribution in [2.75, 3.05) is 4.90 Å². The van der Waals surface area contributed by atoms with Gasteiger partial charge in [0.05, 0.1) is 11.2 Å². The van der Waals surface area contributed by atoms with Crippen molar-refractivity contribution in [1.29, 1.82) is 0 Å². The largest absolute Gasteiger partial charge is 0.480 e. The molecule has 0 aliphatic carbocycles. The summed E-state index contributed by atoms with van der Waals surface area (Å²) in [5, 5.41) is 10.1. The molecule has 0 spiro atoms. The van der Waals surface area contributed by atoms with Gasteiger partial charge < -0.3 is 5.11 Å². The number of hydrogen-bond donors (Lipinski definition) is 1. The van der Waals surface area contributed by atoms with Gasteiger partial charge in [-0.05, 0) is 18.6 Å². The molecule has 1 amide bonds. The van der Waals surface area contributed by atoms with Gasteiger partial charge in [0.2, 0.25) is 0 Å². The minimum atomic E-state index is -0.990. The molecule has 0 radical (unpaired) electrons. The average Bonchev–Trinajstić information content (AvgIpc) is 3.01. The molecule has 0 saturated carbocycles. The molecule has 1 aromatic heterocycles. The molecule has 1 aliphatic rings. The van der Waals surface area contributed by atoms with E-state index in [1.54, 1.807) is 12.1 Å². The van der Waals surface area contributed by atoms with Crippen LogP contribution in [0.25, 0.3) is 0 Å². The molecule has 2 aromatic rings. The van der Waals surface area contributed by atoms with Crippen LogP contribution in [0.3, 0.4) is 0 Å². The van der Waals surface area contributed by atoms with Crippen molar-refractivity contribution in [2.24, 2.45) is 0 Å². The topological polar surface area (TPSA) is 70.5 Å². The van der Waals surface area contributed by atoms with Gasteiger partial charge >= 0.3 is 5.97 Å². The molecule has 1 atom stereocenters. The van der Waals surface area contributed by atoms with E-state index in [1.165, 1.54) is 22.4 Å². The van der Waals surface area contributed by atoms with E-state index in [-0.39, 0.29) is 5.91 Å². The van der Waals surface area contributed by atoms with Crippen LogP contribution in [0.5, 0.6) is 0 Å². The Labute approximate surface area is 119 Å². The summed E-state index contributed by atoms with van der Waals surface area (Å²) in [6.45, 7) is 1.81. The summed E-state index contributed by atoms with van der Waals surface area (Å²) < 4.78 is 0. The standard InChI is InChI=1S/C14H12N2O3S/c1-8-15-7-12(20-8)13(17)16-10-5-3-2-4-9(10)6-11(16)14(18)19/h2-5,7,11H,6H2,1H3,(H,18,19). The number of anilines is 1. The Balaban J connectivity index is 2.04. The zero-order valence-electron chi connectivity index (χ0n) is 10.7. The van der Waals surface area contributed by atoms with Crippen LogP contribution in [0.2, 0.25) is 0 Å². The second kappa shape index (κ2) is 4.72. The van der Waals surface area contributed by atoms with Crippen LogP contribution in [0, 0.1) is 6.92 Å². The third-order valence-electron chi connectivity index (χ3n) is 3.31. The molecule has 1 N–H and O–H groups in total. The highest BCUT2D eigenvalue weighted by atomic mass is 32.1. The summed E-state index contributed by atoms with van der Waals surface area (Å²) in [4.78, 5) is 29.9. The van der Waals surface area contributed by atoms with Gasteiger partial charge in [0.15, 0.2) is 0 Å². The smallest absolute Gasteiger partial charge is 0.327 e.